The molecule has 1 heterocycles. The van der Waals surface area contributed by atoms with Gasteiger partial charge in [0.05, 0.1) is 6.61 Å². The van der Waals surface area contributed by atoms with Crippen molar-refractivity contribution in [1.29, 1.82) is 0 Å². The predicted molar refractivity (Wildman–Crippen MR) is 66.0 cm³/mol. The van der Waals surface area contributed by atoms with Gasteiger partial charge in [0.15, 0.2) is 12.1 Å². The van der Waals surface area contributed by atoms with E-state index in [1.165, 1.54) is 7.11 Å². The van der Waals surface area contributed by atoms with Crippen LogP contribution in [0.15, 0.2) is 24.3 Å². The summed E-state index contributed by atoms with van der Waals surface area (Å²) < 4.78 is 10.2. The summed E-state index contributed by atoms with van der Waals surface area (Å²) in [5.41, 5.74) is 0.946. The molecule has 0 saturated carbocycles. The summed E-state index contributed by atoms with van der Waals surface area (Å²) in [6.45, 7) is -0.0826. The average molecular weight is 265 g/mol. The lowest BCUT2D eigenvalue weighted by molar-refractivity contribution is -0.144. The predicted octanol–water partition coefficient (Wildman–Crippen LogP) is 0.206. The van der Waals surface area contributed by atoms with Gasteiger partial charge in [-0.1, -0.05) is 18.2 Å². The van der Waals surface area contributed by atoms with Gasteiger partial charge >= 0.3 is 5.97 Å². The van der Waals surface area contributed by atoms with Crippen molar-refractivity contribution in [2.24, 2.45) is 0 Å². The molecule has 0 aromatic heterocycles. The normalized spacial score (nSPS) is 18.3. The molecule has 1 aromatic rings. The molecule has 1 aliphatic rings. The Morgan fingerprint density at radius 3 is 2.89 bits per heavy atom. The van der Waals surface area contributed by atoms with Crippen molar-refractivity contribution >= 4 is 11.9 Å². The molecule has 102 valence electrons. The van der Waals surface area contributed by atoms with Crippen molar-refractivity contribution in [2.75, 3.05) is 13.7 Å². The number of carboxylic acid groups (broad SMARTS) is 1. The van der Waals surface area contributed by atoms with E-state index in [-0.39, 0.29) is 6.61 Å². The first kappa shape index (κ1) is 13.4. The van der Waals surface area contributed by atoms with Gasteiger partial charge in [-0.2, -0.15) is 0 Å². The third-order valence-electron chi connectivity index (χ3n) is 2.89. The summed E-state index contributed by atoms with van der Waals surface area (Å²) in [6.07, 6.45) is -0.238. The number of amides is 1. The highest BCUT2D eigenvalue weighted by atomic mass is 16.5. The molecule has 1 aromatic carbocycles. The van der Waals surface area contributed by atoms with Gasteiger partial charge in [-0.3, -0.25) is 4.79 Å². The van der Waals surface area contributed by atoms with Gasteiger partial charge < -0.3 is 19.9 Å². The minimum absolute atomic E-state index is 0.0826. The highest BCUT2D eigenvalue weighted by Gasteiger charge is 2.31. The zero-order valence-electron chi connectivity index (χ0n) is 10.5. The van der Waals surface area contributed by atoms with Crippen LogP contribution in [0, 0.1) is 0 Å². The zero-order valence-corrected chi connectivity index (χ0v) is 10.5. The molecule has 0 radical (unpaired) electrons. The number of fused-ring (bicyclic) bond motifs is 1. The molecule has 0 fully saturated rings. The first-order chi connectivity index (χ1) is 9.11. The fourth-order valence-corrected chi connectivity index (χ4v) is 1.93. The Hall–Kier alpha value is -2.08. The molecule has 6 heteroatoms. The van der Waals surface area contributed by atoms with Gasteiger partial charge in [0, 0.05) is 13.5 Å². The van der Waals surface area contributed by atoms with Crippen LogP contribution in [0.25, 0.3) is 0 Å². The van der Waals surface area contributed by atoms with Crippen LogP contribution in [0.3, 0.4) is 0 Å². The Morgan fingerprint density at radius 1 is 1.53 bits per heavy atom. The minimum Gasteiger partial charge on any atom is -0.480 e. The number of hydrogen-bond donors (Lipinski definition) is 2. The number of carboxylic acids is 1. The van der Waals surface area contributed by atoms with Crippen molar-refractivity contribution in [3.8, 4) is 5.75 Å². The molecule has 2 atom stereocenters. The molecule has 6 nitrogen and oxygen atoms in total. The number of rotatable bonds is 5. The Bertz CT molecular complexity index is 463. The molecule has 1 aliphatic heterocycles. The first-order valence-corrected chi connectivity index (χ1v) is 5.88. The van der Waals surface area contributed by atoms with E-state index in [1.54, 1.807) is 6.07 Å². The van der Waals surface area contributed by atoms with E-state index < -0.39 is 24.0 Å². The van der Waals surface area contributed by atoms with Crippen molar-refractivity contribution in [3.05, 3.63) is 29.8 Å². The van der Waals surface area contributed by atoms with Crippen LogP contribution in [0.2, 0.25) is 0 Å². The molecule has 2 N–H and O–H groups in total. The van der Waals surface area contributed by atoms with E-state index in [1.807, 2.05) is 18.2 Å². The summed E-state index contributed by atoms with van der Waals surface area (Å²) in [6, 6.07) is 6.29. The summed E-state index contributed by atoms with van der Waals surface area (Å²) in [7, 11) is 1.38. The SMILES string of the molecule is COCC(NC(=O)C1Cc2ccccc2O1)C(=O)O. The van der Waals surface area contributed by atoms with E-state index in [0.29, 0.717) is 12.2 Å². The summed E-state index contributed by atoms with van der Waals surface area (Å²) in [5, 5.41) is 11.3. The maximum absolute atomic E-state index is 11.9. The van der Waals surface area contributed by atoms with Gasteiger partial charge in [-0.05, 0) is 11.6 Å². The Morgan fingerprint density at radius 2 is 2.26 bits per heavy atom. The lowest BCUT2D eigenvalue weighted by Gasteiger charge is -2.16. The van der Waals surface area contributed by atoms with E-state index >= 15 is 0 Å². The van der Waals surface area contributed by atoms with Crippen LogP contribution in [-0.2, 0) is 20.7 Å². The van der Waals surface area contributed by atoms with Crippen LogP contribution in [0.1, 0.15) is 5.56 Å². The van der Waals surface area contributed by atoms with Crippen molar-refractivity contribution < 1.29 is 24.2 Å². The number of nitrogens with one attached hydrogen (secondary N) is 1. The largest absolute Gasteiger partial charge is 0.480 e. The number of carbonyl (C=O) groups excluding carboxylic acids is 1. The Balaban J connectivity index is 1.97. The maximum atomic E-state index is 11.9. The second-order valence-electron chi connectivity index (χ2n) is 4.27. The van der Waals surface area contributed by atoms with Crippen molar-refractivity contribution in [2.45, 2.75) is 18.6 Å². The first-order valence-electron chi connectivity index (χ1n) is 5.88. The smallest absolute Gasteiger partial charge is 0.328 e. The molecule has 1 amide bonds. The number of para-hydroxylation sites is 1. The maximum Gasteiger partial charge on any atom is 0.328 e. The molecular weight excluding hydrogens is 250 g/mol. The van der Waals surface area contributed by atoms with E-state index in [2.05, 4.69) is 5.32 Å². The van der Waals surface area contributed by atoms with Crippen molar-refractivity contribution in [3.63, 3.8) is 0 Å². The molecule has 0 spiro atoms. The highest BCUT2D eigenvalue weighted by molar-refractivity contribution is 5.87. The highest BCUT2D eigenvalue weighted by Crippen LogP contribution is 2.28. The summed E-state index contributed by atoms with van der Waals surface area (Å²) in [4.78, 5) is 22.9. The third kappa shape index (κ3) is 3.03. The van der Waals surface area contributed by atoms with Crippen LogP contribution in [0.4, 0.5) is 0 Å². The molecule has 0 bridgehead atoms. The number of carbonyl (C=O) groups is 2. The number of ether oxygens (including phenoxy) is 2. The monoisotopic (exact) mass is 265 g/mol. The van der Waals surface area contributed by atoms with E-state index in [0.717, 1.165) is 5.56 Å². The van der Waals surface area contributed by atoms with Crippen molar-refractivity contribution in [1.82, 2.24) is 5.32 Å². The van der Waals surface area contributed by atoms with Gasteiger partial charge in [-0.25, -0.2) is 4.79 Å². The standard InChI is InChI=1S/C13H15NO5/c1-18-7-9(13(16)17)14-12(15)11-6-8-4-2-3-5-10(8)19-11/h2-5,9,11H,6-7H2,1H3,(H,14,15)(H,16,17). The second-order valence-corrected chi connectivity index (χ2v) is 4.27. The van der Waals surface area contributed by atoms with E-state index in [9.17, 15) is 9.59 Å². The molecular formula is C13H15NO5. The molecule has 2 unspecified atom stereocenters. The third-order valence-corrected chi connectivity index (χ3v) is 2.89. The fraction of sp³-hybridized carbons (Fsp3) is 0.385. The van der Waals surface area contributed by atoms with Crippen LogP contribution in [0.5, 0.6) is 5.75 Å². The minimum atomic E-state index is -1.13. The van der Waals surface area contributed by atoms with Crippen LogP contribution < -0.4 is 10.1 Å². The van der Waals surface area contributed by atoms with Gasteiger partial charge in [-0.15, -0.1) is 0 Å². The molecule has 19 heavy (non-hydrogen) atoms. The van der Waals surface area contributed by atoms with Crippen LogP contribution in [-0.4, -0.2) is 42.8 Å². The Kier molecular flexibility index (Phi) is 4.01. The number of benzene rings is 1. The average Bonchev–Trinajstić information content (AvgIpc) is 2.81. The van der Waals surface area contributed by atoms with Gasteiger partial charge in [0.1, 0.15) is 5.75 Å². The van der Waals surface area contributed by atoms with Crippen LogP contribution >= 0.6 is 0 Å². The molecule has 0 saturated heterocycles. The lowest BCUT2D eigenvalue weighted by Crippen LogP contribution is -2.48. The van der Waals surface area contributed by atoms with Gasteiger partial charge in [0.2, 0.25) is 0 Å². The second kappa shape index (κ2) is 5.71. The fourth-order valence-electron chi connectivity index (χ4n) is 1.93. The number of aliphatic carboxylic acids is 1. The summed E-state index contributed by atoms with van der Waals surface area (Å²) in [5.74, 6) is -0.910. The Labute approximate surface area is 110 Å². The zero-order chi connectivity index (χ0) is 13.8. The number of hydrogen-bond acceptors (Lipinski definition) is 4. The quantitative estimate of drug-likeness (QED) is 0.794. The lowest BCUT2D eigenvalue weighted by atomic mass is 10.1. The topological polar surface area (TPSA) is 84.9 Å². The van der Waals surface area contributed by atoms with E-state index in [4.69, 9.17) is 14.6 Å². The summed E-state index contributed by atoms with van der Waals surface area (Å²) >= 11 is 0. The molecule has 0 aliphatic carbocycles. The number of methoxy groups -OCH3 is 1. The molecule has 2 rings (SSSR count). The van der Waals surface area contributed by atoms with Gasteiger partial charge in [0.25, 0.3) is 5.91 Å².